The predicted molar refractivity (Wildman–Crippen MR) is 140 cm³/mol. The number of urea groups is 1. The Balaban J connectivity index is 1.39. The first kappa shape index (κ1) is 28.0. The van der Waals surface area contributed by atoms with Gasteiger partial charge >= 0.3 is 12.0 Å². The highest BCUT2D eigenvalue weighted by Crippen LogP contribution is 2.35. The van der Waals surface area contributed by atoms with Gasteiger partial charge in [-0.25, -0.2) is 14.5 Å². The Morgan fingerprint density at radius 2 is 1.44 bits per heavy atom. The van der Waals surface area contributed by atoms with Gasteiger partial charge < -0.3 is 30.9 Å². The van der Waals surface area contributed by atoms with Crippen LogP contribution in [0.1, 0.15) is 43.5 Å². The number of benzene rings is 1. The van der Waals surface area contributed by atoms with Crippen molar-refractivity contribution in [3.8, 4) is 0 Å². The summed E-state index contributed by atoms with van der Waals surface area (Å²) in [6, 6.07) is 2.72. The number of piperidine rings is 1. The molecule has 4 rings (SSSR count). The quantitative estimate of drug-likeness (QED) is 0.383. The Morgan fingerprint density at radius 1 is 0.897 bits per heavy atom. The van der Waals surface area contributed by atoms with Crippen molar-refractivity contribution in [3.05, 3.63) is 23.8 Å². The van der Waals surface area contributed by atoms with Crippen LogP contribution in [0, 0.1) is 11.8 Å². The van der Waals surface area contributed by atoms with E-state index in [1.165, 1.54) is 41.8 Å². The van der Waals surface area contributed by atoms with Gasteiger partial charge in [0, 0.05) is 57.0 Å². The summed E-state index contributed by atoms with van der Waals surface area (Å²) >= 11 is 0. The van der Waals surface area contributed by atoms with Crippen LogP contribution in [0.4, 0.5) is 16.2 Å². The van der Waals surface area contributed by atoms with Crippen molar-refractivity contribution in [2.24, 2.45) is 11.8 Å². The molecular formula is C26H34N6O7. The first-order chi connectivity index (χ1) is 18.5. The number of carbonyl (C=O) groups excluding carboxylic acids is 5. The summed E-state index contributed by atoms with van der Waals surface area (Å²) in [5.74, 6) is -3.12. The number of carbonyl (C=O) groups is 6. The van der Waals surface area contributed by atoms with Crippen molar-refractivity contribution >= 4 is 47.0 Å². The normalized spacial score (nSPS) is 21.7. The second-order valence-corrected chi connectivity index (χ2v) is 10.3. The third-order valence-electron chi connectivity index (χ3n) is 7.38. The molecule has 0 bridgehead atoms. The number of aliphatic carboxylic acids is 1. The van der Waals surface area contributed by atoms with Gasteiger partial charge in [-0.05, 0) is 56.5 Å². The highest BCUT2D eigenvalue weighted by Gasteiger charge is 2.56. The van der Waals surface area contributed by atoms with Gasteiger partial charge in [0.2, 0.25) is 17.7 Å². The largest absolute Gasteiger partial charge is 0.480 e. The molecule has 0 saturated carbocycles. The number of nitrogens with zero attached hydrogens (tertiary/aromatic N) is 3. The molecule has 39 heavy (non-hydrogen) atoms. The monoisotopic (exact) mass is 542 g/mol. The summed E-state index contributed by atoms with van der Waals surface area (Å²) in [7, 11) is 0. The third kappa shape index (κ3) is 6.36. The average molecular weight is 543 g/mol. The fourth-order valence-electron chi connectivity index (χ4n) is 5.49. The van der Waals surface area contributed by atoms with Crippen LogP contribution in [0.15, 0.2) is 18.2 Å². The molecule has 13 nitrogen and oxygen atoms in total. The summed E-state index contributed by atoms with van der Waals surface area (Å²) in [5, 5.41) is 18.2. The van der Waals surface area contributed by atoms with Gasteiger partial charge in [-0.15, -0.1) is 0 Å². The topological polar surface area (TPSA) is 168 Å². The number of imide groups is 1. The molecule has 1 aromatic carbocycles. The molecule has 4 N–H and O–H groups in total. The number of carboxylic acid groups (broad SMARTS) is 1. The number of hydrogen-bond acceptors (Lipinski definition) is 7. The van der Waals surface area contributed by atoms with Crippen LogP contribution in [0.3, 0.4) is 0 Å². The fourth-order valence-corrected chi connectivity index (χ4v) is 5.49. The van der Waals surface area contributed by atoms with Gasteiger partial charge in [-0.3, -0.25) is 19.2 Å². The minimum atomic E-state index is -1.19. The molecule has 2 atom stereocenters. The molecule has 3 aliphatic rings. The standard InChI is InChI=1S/C26H34N6O7/c1-15(33)28-19-12-18(13-20(14-19)29-16(2)34)23(35)30-7-9-31(10-8-30)26(39)32-22(25(37)38)21(24(32)36)11-17-3-5-27-6-4-17/h12-14,17,21-22,27H,3-11H2,1-2H3,(H,28,33)(H,29,34)(H,37,38)/t21-,22+/m1/s1. The summed E-state index contributed by atoms with van der Waals surface area (Å²) in [4.78, 5) is 78.1. The van der Waals surface area contributed by atoms with Gasteiger partial charge in [-0.2, -0.15) is 0 Å². The molecule has 210 valence electrons. The van der Waals surface area contributed by atoms with Gasteiger partial charge in [0.05, 0.1) is 5.92 Å². The second kappa shape index (κ2) is 11.8. The zero-order chi connectivity index (χ0) is 28.3. The number of rotatable bonds is 6. The van der Waals surface area contributed by atoms with Gasteiger partial charge in [0.25, 0.3) is 5.91 Å². The van der Waals surface area contributed by atoms with E-state index < -0.39 is 29.9 Å². The smallest absolute Gasteiger partial charge is 0.327 e. The van der Waals surface area contributed by atoms with E-state index in [-0.39, 0.29) is 55.4 Å². The number of anilines is 2. The lowest BCUT2D eigenvalue weighted by atomic mass is 9.78. The Morgan fingerprint density at radius 3 is 1.95 bits per heavy atom. The Hall–Kier alpha value is -4.00. The Bertz CT molecular complexity index is 1140. The zero-order valence-electron chi connectivity index (χ0n) is 22.1. The zero-order valence-corrected chi connectivity index (χ0v) is 22.1. The highest BCUT2D eigenvalue weighted by atomic mass is 16.4. The van der Waals surface area contributed by atoms with Crippen molar-refractivity contribution < 1.29 is 33.9 Å². The molecule has 0 radical (unpaired) electrons. The van der Waals surface area contributed by atoms with Gasteiger partial charge in [0.15, 0.2) is 6.04 Å². The van der Waals surface area contributed by atoms with Crippen LogP contribution in [0.5, 0.6) is 0 Å². The summed E-state index contributed by atoms with van der Waals surface area (Å²) in [6.07, 6.45) is 2.21. The number of likely N-dealkylation sites (tertiary alicyclic amines) is 1. The Kier molecular flexibility index (Phi) is 8.48. The van der Waals surface area contributed by atoms with E-state index in [4.69, 9.17) is 0 Å². The van der Waals surface area contributed by atoms with Crippen molar-refractivity contribution in [2.45, 2.75) is 39.2 Å². The van der Waals surface area contributed by atoms with Crippen LogP contribution in [-0.2, 0) is 19.2 Å². The fraction of sp³-hybridized carbons (Fsp3) is 0.538. The lowest BCUT2D eigenvalue weighted by molar-refractivity contribution is -0.167. The number of piperazine rings is 1. The van der Waals surface area contributed by atoms with E-state index in [1.54, 1.807) is 0 Å². The molecule has 13 heteroatoms. The average Bonchev–Trinajstić information content (AvgIpc) is 2.89. The van der Waals surface area contributed by atoms with Gasteiger partial charge in [0.1, 0.15) is 0 Å². The molecule has 6 amide bonds. The second-order valence-electron chi connectivity index (χ2n) is 10.3. The van der Waals surface area contributed by atoms with Crippen molar-refractivity contribution in [2.75, 3.05) is 49.9 Å². The van der Waals surface area contributed by atoms with E-state index in [1.807, 2.05) is 0 Å². The van der Waals surface area contributed by atoms with Crippen molar-refractivity contribution in [3.63, 3.8) is 0 Å². The molecule has 3 heterocycles. The first-order valence-electron chi connectivity index (χ1n) is 13.1. The molecule has 0 unspecified atom stereocenters. The molecule has 0 aromatic heterocycles. The van der Waals surface area contributed by atoms with Crippen LogP contribution < -0.4 is 16.0 Å². The SMILES string of the molecule is CC(=O)Nc1cc(NC(C)=O)cc(C(=O)N2CCN(C(=O)N3C(=O)[C@H](CC4CCNCC4)[C@H]3C(=O)O)CC2)c1. The van der Waals surface area contributed by atoms with E-state index in [9.17, 15) is 33.9 Å². The molecule has 0 spiro atoms. The maximum Gasteiger partial charge on any atom is 0.327 e. The maximum atomic E-state index is 13.2. The number of hydrogen-bond donors (Lipinski definition) is 4. The lowest BCUT2D eigenvalue weighted by Crippen LogP contribution is -2.69. The predicted octanol–water partition coefficient (Wildman–Crippen LogP) is 0.783. The lowest BCUT2D eigenvalue weighted by Gasteiger charge is -2.47. The molecule has 3 fully saturated rings. The highest BCUT2D eigenvalue weighted by molar-refractivity contribution is 6.07. The van der Waals surface area contributed by atoms with Crippen molar-refractivity contribution in [1.82, 2.24) is 20.0 Å². The third-order valence-corrected chi connectivity index (χ3v) is 7.38. The first-order valence-corrected chi connectivity index (χ1v) is 13.1. The summed E-state index contributed by atoms with van der Waals surface area (Å²) in [6.45, 7) is 4.92. The minimum absolute atomic E-state index is 0.129. The number of β-lactam (4-membered cyclic amide) rings is 1. The molecule has 3 aliphatic heterocycles. The molecule has 0 aliphatic carbocycles. The number of carboxylic acids is 1. The van der Waals surface area contributed by atoms with E-state index in [0.29, 0.717) is 17.8 Å². The van der Waals surface area contributed by atoms with Crippen LogP contribution >= 0.6 is 0 Å². The number of amides is 6. The van der Waals surface area contributed by atoms with E-state index in [0.717, 1.165) is 30.8 Å². The maximum absolute atomic E-state index is 13.2. The van der Waals surface area contributed by atoms with E-state index >= 15 is 0 Å². The number of nitrogens with one attached hydrogen (secondary N) is 3. The summed E-state index contributed by atoms with van der Waals surface area (Å²) < 4.78 is 0. The summed E-state index contributed by atoms with van der Waals surface area (Å²) in [5.41, 5.74) is 0.941. The van der Waals surface area contributed by atoms with Crippen LogP contribution in [0.2, 0.25) is 0 Å². The molecule has 1 aromatic rings. The Labute approximate surface area is 225 Å². The molecular weight excluding hydrogens is 508 g/mol. The van der Waals surface area contributed by atoms with Crippen molar-refractivity contribution in [1.29, 1.82) is 0 Å². The minimum Gasteiger partial charge on any atom is -0.480 e. The molecule has 3 saturated heterocycles. The van der Waals surface area contributed by atoms with Gasteiger partial charge in [-0.1, -0.05) is 0 Å². The van der Waals surface area contributed by atoms with Crippen LogP contribution in [-0.4, -0.2) is 101 Å². The van der Waals surface area contributed by atoms with E-state index in [2.05, 4.69) is 16.0 Å². The van der Waals surface area contributed by atoms with Crippen LogP contribution in [0.25, 0.3) is 0 Å².